The van der Waals surface area contributed by atoms with Crippen LogP contribution in [0, 0.1) is 5.41 Å². The molecule has 63 heavy (non-hydrogen) atoms. The quantitative estimate of drug-likeness (QED) is 0.0391. The van der Waals surface area contributed by atoms with Crippen LogP contribution < -0.4 is 16.4 Å². The maximum absolute atomic E-state index is 12.7. The number of nitrogens with two attached hydrogens (primary N) is 1. The van der Waals surface area contributed by atoms with Crippen LogP contribution in [0.2, 0.25) is 0 Å². The standard InChI is InChI=1S/C33H58N7O19P3S/c1-4-5-6-7-8-9-20(41)14-21(42)15-24(44)63-13-12-35-23(43)10-11-36-31(47)28(46)33(2,3)17-56-62(53,54)59-61(51,52)55-16-22-27(58-60(48,49)50)26(45)32(57-22)40-19-39-25-29(34)37-18-38-30(25)40/h18-22,26-28,32,41-42,45-46H,4-17H2,1-3H3,(H,35,43)(H,36,47)(H,51,52)(H,53,54)(H2,34,37,38)(H2,48,49,50). The summed E-state index contributed by atoms with van der Waals surface area (Å²) in [4.78, 5) is 88.1. The van der Waals surface area contributed by atoms with Gasteiger partial charge in [-0.3, -0.25) is 32.5 Å². The Balaban J connectivity index is 1.39. The number of nitrogens with one attached hydrogen (secondary N) is 2. The Kier molecular flexibility index (Phi) is 21.6. The minimum absolute atomic E-state index is 0.0226. The number of unbranched alkanes of at least 4 members (excludes halogenated alkanes) is 4. The molecule has 360 valence electrons. The lowest BCUT2D eigenvalue weighted by Gasteiger charge is -2.30. The molecule has 0 spiro atoms. The van der Waals surface area contributed by atoms with Gasteiger partial charge in [0.05, 0.1) is 31.7 Å². The molecule has 0 saturated carbocycles. The van der Waals surface area contributed by atoms with Gasteiger partial charge in [0.15, 0.2) is 22.8 Å². The maximum Gasteiger partial charge on any atom is 0.481 e. The van der Waals surface area contributed by atoms with Crippen LogP contribution in [0.15, 0.2) is 12.7 Å². The maximum atomic E-state index is 12.7. The first-order chi connectivity index (χ1) is 29.3. The highest BCUT2D eigenvalue weighted by Gasteiger charge is 2.50. The number of nitrogens with zero attached hydrogens (tertiary/aromatic N) is 4. The van der Waals surface area contributed by atoms with E-state index in [1.54, 1.807) is 0 Å². The van der Waals surface area contributed by atoms with Crippen molar-refractivity contribution in [3.8, 4) is 0 Å². The summed E-state index contributed by atoms with van der Waals surface area (Å²) in [5.74, 6) is -1.35. The molecule has 9 atom stereocenters. The summed E-state index contributed by atoms with van der Waals surface area (Å²) in [6, 6.07) is 0. The van der Waals surface area contributed by atoms with Crippen molar-refractivity contribution in [2.24, 2.45) is 5.41 Å². The third kappa shape index (κ3) is 18.7. The number of rotatable bonds is 29. The molecule has 2 aromatic rings. The van der Waals surface area contributed by atoms with E-state index in [1.165, 1.54) is 13.8 Å². The Bertz CT molecular complexity index is 1960. The predicted molar refractivity (Wildman–Crippen MR) is 222 cm³/mol. The molecule has 30 heteroatoms. The molecule has 1 aliphatic rings. The Labute approximate surface area is 366 Å². The molecule has 9 unspecified atom stereocenters. The molecule has 0 aromatic carbocycles. The number of aliphatic hydroxyl groups excluding tert-OH is 4. The number of phosphoric acid groups is 3. The smallest absolute Gasteiger partial charge is 0.393 e. The third-order valence-electron chi connectivity index (χ3n) is 9.35. The fourth-order valence-electron chi connectivity index (χ4n) is 6.05. The van der Waals surface area contributed by atoms with Gasteiger partial charge in [0.2, 0.25) is 11.8 Å². The highest BCUT2D eigenvalue weighted by molar-refractivity contribution is 8.13. The molecule has 1 aliphatic heterocycles. The van der Waals surface area contributed by atoms with Crippen molar-refractivity contribution < 1.29 is 90.7 Å². The van der Waals surface area contributed by atoms with Crippen LogP contribution in [-0.4, -0.2) is 145 Å². The second-order valence-corrected chi connectivity index (χ2v) is 20.6. The van der Waals surface area contributed by atoms with E-state index >= 15 is 0 Å². The lowest BCUT2D eigenvalue weighted by molar-refractivity contribution is -0.137. The number of anilines is 1. The van der Waals surface area contributed by atoms with Gasteiger partial charge in [0.25, 0.3) is 0 Å². The normalized spacial score (nSPS) is 21.6. The van der Waals surface area contributed by atoms with Crippen molar-refractivity contribution in [2.45, 2.75) is 121 Å². The molecule has 12 N–H and O–H groups in total. The average Bonchev–Trinajstić information content (AvgIpc) is 3.74. The second kappa shape index (κ2) is 24.8. The summed E-state index contributed by atoms with van der Waals surface area (Å²) in [6.07, 6.45) is -3.05. The van der Waals surface area contributed by atoms with Crippen molar-refractivity contribution in [2.75, 3.05) is 37.8 Å². The molecular formula is C33H58N7O19P3S. The summed E-state index contributed by atoms with van der Waals surface area (Å²) in [6.45, 7) is 2.38. The lowest BCUT2D eigenvalue weighted by Crippen LogP contribution is -2.46. The first-order valence-electron chi connectivity index (χ1n) is 19.8. The van der Waals surface area contributed by atoms with Crippen LogP contribution >= 0.6 is 35.2 Å². The number of carbonyl (C=O) groups excluding carboxylic acids is 3. The first-order valence-corrected chi connectivity index (χ1v) is 25.3. The number of phosphoric ester groups is 3. The average molecular weight is 982 g/mol. The van der Waals surface area contributed by atoms with Crippen LogP contribution in [0.1, 0.15) is 84.8 Å². The zero-order valence-electron chi connectivity index (χ0n) is 34.8. The summed E-state index contributed by atoms with van der Waals surface area (Å²) >= 11 is 0.911. The van der Waals surface area contributed by atoms with Crippen LogP contribution in [0.25, 0.3) is 11.2 Å². The van der Waals surface area contributed by atoms with E-state index in [-0.39, 0.29) is 60.2 Å². The summed E-state index contributed by atoms with van der Waals surface area (Å²) in [5.41, 5.74) is 4.22. The second-order valence-electron chi connectivity index (χ2n) is 15.2. The predicted octanol–water partition coefficient (Wildman–Crippen LogP) is 0.527. The van der Waals surface area contributed by atoms with Gasteiger partial charge in [-0.1, -0.05) is 64.6 Å². The topological polar surface area (TPSA) is 404 Å². The number of fused-ring (bicyclic) bond motifs is 1. The fraction of sp³-hybridized carbons (Fsp3) is 0.758. The summed E-state index contributed by atoms with van der Waals surface area (Å²) in [7, 11) is -16.5. The van der Waals surface area contributed by atoms with E-state index < -0.39 is 96.8 Å². The highest BCUT2D eigenvalue weighted by atomic mass is 32.2. The number of aromatic nitrogens is 4. The van der Waals surface area contributed by atoms with Gasteiger partial charge in [-0.05, 0) is 12.8 Å². The molecule has 0 bridgehead atoms. The molecule has 0 aliphatic carbocycles. The number of amides is 2. The monoisotopic (exact) mass is 981 g/mol. The van der Waals surface area contributed by atoms with Crippen molar-refractivity contribution in [1.29, 1.82) is 0 Å². The molecule has 2 aromatic heterocycles. The van der Waals surface area contributed by atoms with Crippen molar-refractivity contribution >= 4 is 69.1 Å². The fourth-order valence-corrected chi connectivity index (χ4v) is 9.62. The minimum Gasteiger partial charge on any atom is -0.393 e. The molecule has 0 radical (unpaired) electrons. The molecule has 3 rings (SSSR count). The first kappa shape index (κ1) is 54.8. The van der Waals surface area contributed by atoms with E-state index in [2.05, 4.69) is 41.3 Å². The molecule has 26 nitrogen and oxygen atoms in total. The number of nitrogen functional groups attached to an aromatic ring is 1. The third-order valence-corrected chi connectivity index (χ3v) is 13.3. The molecule has 3 heterocycles. The van der Waals surface area contributed by atoms with Crippen LogP contribution in [0.4, 0.5) is 5.82 Å². The van der Waals surface area contributed by atoms with Crippen molar-refractivity contribution in [1.82, 2.24) is 30.2 Å². The lowest BCUT2D eigenvalue weighted by atomic mass is 9.87. The molecule has 1 fully saturated rings. The molecule has 2 amide bonds. The van der Waals surface area contributed by atoms with Crippen LogP contribution in [-0.2, 0) is 50.7 Å². The number of hydrogen-bond acceptors (Lipinski definition) is 20. The summed E-state index contributed by atoms with van der Waals surface area (Å²) < 4.78 is 62.2. The Morgan fingerprint density at radius 2 is 1.65 bits per heavy atom. The number of carbonyl (C=O) groups is 3. The van der Waals surface area contributed by atoms with Gasteiger partial charge in [-0.15, -0.1) is 0 Å². The Hall–Kier alpha value is -2.52. The largest absolute Gasteiger partial charge is 0.481 e. The number of hydrogen-bond donors (Lipinski definition) is 11. The minimum atomic E-state index is -5.59. The van der Waals surface area contributed by atoms with Crippen molar-refractivity contribution in [3.05, 3.63) is 12.7 Å². The van der Waals surface area contributed by atoms with Gasteiger partial charge in [0.1, 0.15) is 36.3 Å². The van der Waals surface area contributed by atoms with Gasteiger partial charge >= 0.3 is 23.5 Å². The zero-order valence-corrected chi connectivity index (χ0v) is 38.3. The van der Waals surface area contributed by atoms with E-state index in [9.17, 15) is 68.1 Å². The van der Waals surface area contributed by atoms with Crippen molar-refractivity contribution in [3.63, 3.8) is 0 Å². The SMILES string of the molecule is CCCCCCCC(O)CC(O)CC(=O)SCCNC(=O)CCNC(=O)C(O)C(C)(C)COP(=O)(O)OP(=O)(O)OCC1OC(n2cnc3c(N)ncnc32)C(O)C1OP(=O)(O)O. The Morgan fingerprint density at radius 3 is 2.33 bits per heavy atom. The Morgan fingerprint density at radius 1 is 0.968 bits per heavy atom. The molecule has 1 saturated heterocycles. The number of thioether (sulfide) groups is 1. The number of imidazole rings is 1. The highest BCUT2D eigenvalue weighted by Crippen LogP contribution is 2.61. The van der Waals surface area contributed by atoms with E-state index in [1.807, 2.05) is 0 Å². The molecular weight excluding hydrogens is 923 g/mol. The van der Waals surface area contributed by atoms with E-state index in [0.717, 1.165) is 61.1 Å². The van der Waals surface area contributed by atoms with Gasteiger partial charge in [-0.2, -0.15) is 4.31 Å². The number of ether oxygens (including phenoxy) is 1. The van der Waals surface area contributed by atoms with Crippen LogP contribution in [0.3, 0.4) is 0 Å². The zero-order chi connectivity index (χ0) is 47.2. The van der Waals surface area contributed by atoms with E-state index in [4.69, 9.17) is 19.5 Å². The van der Waals surface area contributed by atoms with Gasteiger partial charge in [0, 0.05) is 37.1 Å². The number of aliphatic hydroxyl groups is 4. The van der Waals surface area contributed by atoms with Crippen LogP contribution in [0.5, 0.6) is 0 Å². The van der Waals surface area contributed by atoms with Gasteiger partial charge < -0.3 is 61.1 Å². The van der Waals surface area contributed by atoms with E-state index in [0.29, 0.717) is 6.42 Å². The van der Waals surface area contributed by atoms with Gasteiger partial charge in [-0.25, -0.2) is 28.6 Å². The summed E-state index contributed by atoms with van der Waals surface area (Å²) in [5, 5.41) is 46.3.